The van der Waals surface area contributed by atoms with Crippen molar-refractivity contribution < 1.29 is 14.3 Å². The van der Waals surface area contributed by atoms with Gasteiger partial charge in [0.05, 0.1) is 0 Å². The van der Waals surface area contributed by atoms with Crippen LogP contribution in [0.15, 0.2) is 54.6 Å². The van der Waals surface area contributed by atoms with Crippen molar-refractivity contribution in [3.63, 3.8) is 0 Å². The molecule has 0 heterocycles. The Morgan fingerprint density at radius 1 is 1.00 bits per heavy atom. The highest BCUT2D eigenvalue weighted by molar-refractivity contribution is 5.88. The summed E-state index contributed by atoms with van der Waals surface area (Å²) in [6.07, 6.45) is 2.08. The van der Waals surface area contributed by atoms with E-state index in [1.807, 2.05) is 82.3 Å². The van der Waals surface area contributed by atoms with Crippen molar-refractivity contribution in [3.8, 4) is 5.75 Å². The molecule has 0 unspecified atom stereocenters. The van der Waals surface area contributed by atoms with Crippen LogP contribution in [0.5, 0.6) is 5.75 Å². The third kappa shape index (κ3) is 6.90. The quantitative estimate of drug-likeness (QED) is 0.606. The number of ether oxygens (including phenoxy) is 1. The highest BCUT2D eigenvalue weighted by Gasteiger charge is 2.29. The summed E-state index contributed by atoms with van der Waals surface area (Å²) in [5, 5.41) is 3.02. The maximum Gasteiger partial charge on any atom is 0.261 e. The highest BCUT2D eigenvalue weighted by Crippen LogP contribution is 2.17. The van der Waals surface area contributed by atoms with E-state index in [0.717, 1.165) is 17.5 Å². The molecule has 1 N–H and O–H groups in total. The lowest BCUT2D eigenvalue weighted by Gasteiger charge is -2.31. The van der Waals surface area contributed by atoms with Crippen LogP contribution in [0, 0.1) is 6.92 Å². The predicted octanol–water partition coefficient (Wildman–Crippen LogP) is 4.14. The molecule has 0 aromatic heterocycles. The Morgan fingerprint density at radius 2 is 1.67 bits per heavy atom. The summed E-state index contributed by atoms with van der Waals surface area (Å²) in [7, 11) is 0. The molecular formula is C25H34N2O3. The molecule has 2 atom stereocenters. The molecule has 0 aliphatic carbocycles. The van der Waals surface area contributed by atoms with E-state index < -0.39 is 6.04 Å². The standard InChI is InChI=1S/C25H34N2O3/c1-5-20(4)26-25(29)22(6-2)27(17-16-21-13-8-7-9-14-21)24(28)18-30-23-15-11-10-12-19(23)3/h7-15,20,22H,5-6,16-18H2,1-4H3,(H,26,29)/t20-,22-/m0/s1. The van der Waals surface area contributed by atoms with E-state index >= 15 is 0 Å². The molecule has 0 fully saturated rings. The fraction of sp³-hybridized carbons (Fsp3) is 0.440. The zero-order valence-corrected chi connectivity index (χ0v) is 18.6. The Labute approximate surface area is 180 Å². The normalized spacial score (nSPS) is 12.7. The first kappa shape index (κ1) is 23.5. The molecule has 5 nitrogen and oxygen atoms in total. The van der Waals surface area contributed by atoms with Crippen LogP contribution < -0.4 is 10.1 Å². The molecule has 162 valence electrons. The van der Waals surface area contributed by atoms with Crippen LogP contribution in [-0.4, -0.2) is 41.9 Å². The van der Waals surface area contributed by atoms with Gasteiger partial charge in [-0.15, -0.1) is 0 Å². The van der Waals surface area contributed by atoms with Crippen molar-refractivity contribution in [1.82, 2.24) is 10.2 Å². The number of carbonyl (C=O) groups excluding carboxylic acids is 2. The van der Waals surface area contributed by atoms with E-state index in [9.17, 15) is 9.59 Å². The molecule has 2 amide bonds. The van der Waals surface area contributed by atoms with Gasteiger partial charge in [-0.1, -0.05) is 62.4 Å². The number of aryl methyl sites for hydroxylation is 1. The number of benzene rings is 2. The number of carbonyl (C=O) groups is 2. The number of amides is 2. The maximum atomic E-state index is 13.1. The van der Waals surface area contributed by atoms with E-state index in [1.54, 1.807) is 4.90 Å². The molecule has 0 saturated carbocycles. The molecule has 5 heteroatoms. The van der Waals surface area contributed by atoms with Crippen molar-refractivity contribution in [2.45, 2.75) is 59.0 Å². The van der Waals surface area contributed by atoms with E-state index in [-0.39, 0.29) is 24.5 Å². The van der Waals surface area contributed by atoms with Gasteiger partial charge in [-0.3, -0.25) is 9.59 Å². The fourth-order valence-electron chi connectivity index (χ4n) is 3.28. The second kappa shape index (κ2) is 12.0. The zero-order chi connectivity index (χ0) is 21.9. The van der Waals surface area contributed by atoms with Gasteiger partial charge < -0.3 is 15.0 Å². The van der Waals surface area contributed by atoms with Gasteiger partial charge in [0.1, 0.15) is 11.8 Å². The number of nitrogens with one attached hydrogen (secondary N) is 1. The van der Waals surface area contributed by atoms with Gasteiger partial charge in [0, 0.05) is 12.6 Å². The Hall–Kier alpha value is -2.82. The number of hydrogen-bond acceptors (Lipinski definition) is 3. The third-order valence-electron chi connectivity index (χ3n) is 5.32. The number of para-hydroxylation sites is 1. The molecule has 2 aromatic carbocycles. The minimum atomic E-state index is -0.518. The molecule has 2 aromatic rings. The molecule has 0 saturated heterocycles. The number of rotatable bonds is 11. The molecule has 0 radical (unpaired) electrons. The van der Waals surface area contributed by atoms with Gasteiger partial charge in [-0.05, 0) is 50.3 Å². The van der Waals surface area contributed by atoms with Gasteiger partial charge in [-0.25, -0.2) is 0 Å². The summed E-state index contributed by atoms with van der Waals surface area (Å²) in [4.78, 5) is 27.7. The predicted molar refractivity (Wildman–Crippen MR) is 121 cm³/mol. The lowest BCUT2D eigenvalue weighted by Crippen LogP contribution is -2.52. The van der Waals surface area contributed by atoms with E-state index in [1.165, 1.54) is 0 Å². The second-order valence-corrected chi connectivity index (χ2v) is 7.62. The molecule has 0 spiro atoms. The van der Waals surface area contributed by atoms with Crippen LogP contribution in [0.4, 0.5) is 0 Å². The van der Waals surface area contributed by atoms with Crippen LogP contribution in [0.2, 0.25) is 0 Å². The van der Waals surface area contributed by atoms with Crippen molar-refractivity contribution in [1.29, 1.82) is 0 Å². The Bertz CT molecular complexity index is 807. The van der Waals surface area contributed by atoms with Crippen LogP contribution in [-0.2, 0) is 16.0 Å². The zero-order valence-electron chi connectivity index (χ0n) is 18.6. The highest BCUT2D eigenvalue weighted by atomic mass is 16.5. The monoisotopic (exact) mass is 410 g/mol. The van der Waals surface area contributed by atoms with Gasteiger partial charge in [0.2, 0.25) is 5.91 Å². The summed E-state index contributed by atoms with van der Waals surface area (Å²) < 4.78 is 5.79. The van der Waals surface area contributed by atoms with Crippen molar-refractivity contribution in [2.75, 3.05) is 13.2 Å². The number of nitrogens with zero attached hydrogens (tertiary/aromatic N) is 1. The minimum absolute atomic E-state index is 0.0702. The van der Waals surface area contributed by atoms with Crippen LogP contribution >= 0.6 is 0 Å². The lowest BCUT2D eigenvalue weighted by atomic mass is 10.1. The Balaban J connectivity index is 2.14. The average molecular weight is 411 g/mol. The molecule has 0 bridgehead atoms. The second-order valence-electron chi connectivity index (χ2n) is 7.62. The van der Waals surface area contributed by atoms with Crippen LogP contribution in [0.3, 0.4) is 0 Å². The van der Waals surface area contributed by atoms with Crippen LogP contribution in [0.25, 0.3) is 0 Å². The molecule has 2 rings (SSSR count). The van der Waals surface area contributed by atoms with E-state index in [4.69, 9.17) is 4.74 Å². The topological polar surface area (TPSA) is 58.6 Å². The maximum absolute atomic E-state index is 13.1. The summed E-state index contributed by atoms with van der Waals surface area (Å²) in [6.45, 7) is 8.26. The molecule has 0 aliphatic rings. The summed E-state index contributed by atoms with van der Waals surface area (Å²) in [5.74, 6) is 0.399. The SMILES string of the molecule is CC[C@H](C)NC(=O)[C@H](CC)N(CCc1ccccc1)C(=O)COc1ccccc1C. The fourth-order valence-corrected chi connectivity index (χ4v) is 3.28. The molecule has 30 heavy (non-hydrogen) atoms. The largest absolute Gasteiger partial charge is 0.484 e. The summed E-state index contributed by atoms with van der Waals surface area (Å²) in [5.41, 5.74) is 2.11. The summed E-state index contributed by atoms with van der Waals surface area (Å²) >= 11 is 0. The van der Waals surface area contributed by atoms with Crippen LogP contribution in [0.1, 0.15) is 44.7 Å². The van der Waals surface area contributed by atoms with Crippen molar-refractivity contribution >= 4 is 11.8 Å². The van der Waals surface area contributed by atoms with E-state index in [0.29, 0.717) is 25.1 Å². The first-order chi connectivity index (χ1) is 14.5. The van der Waals surface area contributed by atoms with Gasteiger partial charge in [-0.2, -0.15) is 0 Å². The average Bonchev–Trinajstić information content (AvgIpc) is 2.76. The van der Waals surface area contributed by atoms with E-state index in [2.05, 4.69) is 5.32 Å². The van der Waals surface area contributed by atoms with Crippen molar-refractivity contribution in [2.24, 2.45) is 0 Å². The third-order valence-corrected chi connectivity index (χ3v) is 5.32. The molecular weight excluding hydrogens is 376 g/mol. The van der Waals surface area contributed by atoms with Gasteiger partial charge in [0.25, 0.3) is 5.91 Å². The first-order valence-corrected chi connectivity index (χ1v) is 10.8. The minimum Gasteiger partial charge on any atom is -0.484 e. The summed E-state index contributed by atoms with van der Waals surface area (Å²) in [6, 6.07) is 17.2. The molecule has 0 aliphatic heterocycles. The van der Waals surface area contributed by atoms with Gasteiger partial charge >= 0.3 is 0 Å². The van der Waals surface area contributed by atoms with Gasteiger partial charge in [0.15, 0.2) is 6.61 Å². The lowest BCUT2D eigenvalue weighted by molar-refractivity contribution is -0.142. The smallest absolute Gasteiger partial charge is 0.261 e. The van der Waals surface area contributed by atoms with Crippen molar-refractivity contribution in [3.05, 3.63) is 65.7 Å². The first-order valence-electron chi connectivity index (χ1n) is 10.8. The number of hydrogen-bond donors (Lipinski definition) is 1. The Kier molecular flexibility index (Phi) is 9.39. The Morgan fingerprint density at radius 3 is 2.30 bits per heavy atom.